The molecule has 0 aromatic carbocycles. The summed E-state index contributed by atoms with van der Waals surface area (Å²) in [7, 11) is 0. The van der Waals surface area contributed by atoms with Crippen molar-refractivity contribution < 1.29 is 4.74 Å². The van der Waals surface area contributed by atoms with Gasteiger partial charge in [-0.1, -0.05) is 20.3 Å². The van der Waals surface area contributed by atoms with Crippen molar-refractivity contribution in [2.75, 3.05) is 26.3 Å². The first-order valence-corrected chi connectivity index (χ1v) is 5.07. The minimum Gasteiger partial charge on any atom is -0.379 e. The van der Waals surface area contributed by atoms with Crippen LogP contribution in [0.4, 0.5) is 0 Å². The van der Waals surface area contributed by atoms with Gasteiger partial charge in [0.1, 0.15) is 0 Å². The first kappa shape index (κ1) is 10.0. The lowest BCUT2D eigenvalue weighted by molar-refractivity contribution is 0.00878. The Morgan fingerprint density at radius 3 is 2.33 bits per heavy atom. The van der Waals surface area contributed by atoms with Crippen LogP contribution in [0.5, 0.6) is 0 Å². The Balaban J connectivity index is 2.33. The number of rotatable bonds is 3. The highest BCUT2D eigenvalue weighted by Crippen LogP contribution is 2.14. The molecule has 0 N–H and O–H groups in total. The minimum atomic E-state index is 0.721. The van der Waals surface area contributed by atoms with Crippen molar-refractivity contribution in [3.8, 4) is 0 Å². The summed E-state index contributed by atoms with van der Waals surface area (Å²) < 4.78 is 5.32. The number of hydrogen-bond donors (Lipinski definition) is 0. The molecule has 1 fully saturated rings. The summed E-state index contributed by atoms with van der Waals surface area (Å²) in [6.07, 6.45) is 1.28. The van der Waals surface area contributed by atoms with E-state index < -0.39 is 0 Å². The van der Waals surface area contributed by atoms with Gasteiger partial charge in [-0.2, -0.15) is 0 Å². The van der Waals surface area contributed by atoms with E-state index in [-0.39, 0.29) is 0 Å². The maximum absolute atomic E-state index is 5.32. The summed E-state index contributed by atoms with van der Waals surface area (Å²) in [6, 6.07) is 0.721. The molecule has 1 aliphatic rings. The van der Waals surface area contributed by atoms with Crippen LogP contribution in [0.25, 0.3) is 0 Å². The molecule has 0 radical (unpaired) electrons. The molecule has 72 valence electrons. The highest BCUT2D eigenvalue weighted by molar-refractivity contribution is 4.73. The topological polar surface area (TPSA) is 12.5 Å². The zero-order valence-corrected chi connectivity index (χ0v) is 8.55. The molecule has 1 rings (SSSR count). The van der Waals surface area contributed by atoms with Crippen LogP contribution in [0.1, 0.15) is 27.2 Å². The summed E-state index contributed by atoms with van der Waals surface area (Å²) in [5, 5.41) is 0. The van der Waals surface area contributed by atoms with Crippen LogP contribution in [0.15, 0.2) is 0 Å². The molecular formula is C10H21NO. The fourth-order valence-corrected chi connectivity index (χ4v) is 1.69. The van der Waals surface area contributed by atoms with E-state index in [2.05, 4.69) is 25.7 Å². The quantitative estimate of drug-likeness (QED) is 0.641. The van der Waals surface area contributed by atoms with Crippen LogP contribution in [0, 0.1) is 5.92 Å². The Morgan fingerprint density at radius 1 is 1.25 bits per heavy atom. The van der Waals surface area contributed by atoms with E-state index in [1.54, 1.807) is 0 Å². The molecule has 0 saturated carbocycles. The SMILES string of the molecule is CCC(C)C(C)N1CCOCC1. The van der Waals surface area contributed by atoms with Crippen LogP contribution in [0.2, 0.25) is 0 Å². The van der Waals surface area contributed by atoms with Gasteiger partial charge < -0.3 is 4.74 Å². The normalized spacial score (nSPS) is 25.2. The maximum Gasteiger partial charge on any atom is 0.0594 e. The van der Waals surface area contributed by atoms with E-state index in [0.29, 0.717) is 0 Å². The van der Waals surface area contributed by atoms with E-state index >= 15 is 0 Å². The van der Waals surface area contributed by atoms with Crippen LogP contribution in [0.3, 0.4) is 0 Å². The van der Waals surface area contributed by atoms with Crippen molar-refractivity contribution in [3.63, 3.8) is 0 Å². The molecular weight excluding hydrogens is 150 g/mol. The van der Waals surface area contributed by atoms with Crippen LogP contribution >= 0.6 is 0 Å². The molecule has 2 heteroatoms. The Kier molecular flexibility index (Phi) is 4.02. The largest absolute Gasteiger partial charge is 0.379 e. The third-order valence-corrected chi connectivity index (χ3v) is 3.09. The molecule has 2 atom stereocenters. The van der Waals surface area contributed by atoms with Crippen molar-refractivity contribution in [2.24, 2.45) is 5.92 Å². The van der Waals surface area contributed by atoms with E-state index in [4.69, 9.17) is 4.74 Å². The Labute approximate surface area is 75.9 Å². The number of nitrogens with zero attached hydrogens (tertiary/aromatic N) is 1. The van der Waals surface area contributed by atoms with Gasteiger partial charge in [0.2, 0.25) is 0 Å². The number of ether oxygens (including phenoxy) is 1. The van der Waals surface area contributed by atoms with Gasteiger partial charge in [-0.15, -0.1) is 0 Å². The molecule has 12 heavy (non-hydrogen) atoms. The second-order valence-corrected chi connectivity index (χ2v) is 3.77. The van der Waals surface area contributed by atoms with Crippen LogP contribution < -0.4 is 0 Å². The van der Waals surface area contributed by atoms with Crippen molar-refractivity contribution in [1.29, 1.82) is 0 Å². The first-order chi connectivity index (χ1) is 5.75. The summed E-state index contributed by atoms with van der Waals surface area (Å²) >= 11 is 0. The molecule has 0 bridgehead atoms. The fourth-order valence-electron chi connectivity index (χ4n) is 1.69. The number of hydrogen-bond acceptors (Lipinski definition) is 2. The lowest BCUT2D eigenvalue weighted by Gasteiger charge is -2.35. The average Bonchev–Trinajstić information content (AvgIpc) is 2.17. The second kappa shape index (κ2) is 4.83. The molecule has 0 aromatic rings. The van der Waals surface area contributed by atoms with Crippen molar-refractivity contribution >= 4 is 0 Å². The molecule has 0 amide bonds. The third-order valence-electron chi connectivity index (χ3n) is 3.09. The second-order valence-electron chi connectivity index (χ2n) is 3.77. The van der Waals surface area contributed by atoms with Crippen molar-refractivity contribution in [2.45, 2.75) is 33.2 Å². The molecule has 0 spiro atoms. The molecule has 1 heterocycles. The lowest BCUT2D eigenvalue weighted by Crippen LogP contribution is -2.44. The Hall–Kier alpha value is -0.0800. The highest BCUT2D eigenvalue weighted by atomic mass is 16.5. The van der Waals surface area contributed by atoms with Crippen molar-refractivity contribution in [1.82, 2.24) is 4.90 Å². The summed E-state index contributed by atoms with van der Waals surface area (Å²) in [4.78, 5) is 2.54. The van der Waals surface area contributed by atoms with Gasteiger partial charge in [-0.25, -0.2) is 0 Å². The summed E-state index contributed by atoms with van der Waals surface area (Å²) in [6.45, 7) is 11.0. The van der Waals surface area contributed by atoms with E-state index in [1.165, 1.54) is 6.42 Å². The average molecular weight is 171 g/mol. The van der Waals surface area contributed by atoms with Gasteiger partial charge in [-0.05, 0) is 12.8 Å². The lowest BCUT2D eigenvalue weighted by atomic mass is 9.99. The van der Waals surface area contributed by atoms with Gasteiger partial charge in [0.05, 0.1) is 13.2 Å². The zero-order valence-electron chi connectivity index (χ0n) is 8.55. The molecule has 2 unspecified atom stereocenters. The summed E-state index contributed by atoms with van der Waals surface area (Å²) in [5.74, 6) is 0.808. The first-order valence-electron chi connectivity index (χ1n) is 5.07. The number of morpholine rings is 1. The minimum absolute atomic E-state index is 0.721. The molecule has 1 aliphatic heterocycles. The smallest absolute Gasteiger partial charge is 0.0594 e. The highest BCUT2D eigenvalue weighted by Gasteiger charge is 2.20. The van der Waals surface area contributed by atoms with Crippen LogP contribution in [-0.4, -0.2) is 37.2 Å². The molecule has 0 aliphatic carbocycles. The monoisotopic (exact) mass is 171 g/mol. The summed E-state index contributed by atoms with van der Waals surface area (Å²) in [5.41, 5.74) is 0. The van der Waals surface area contributed by atoms with E-state index in [0.717, 1.165) is 38.3 Å². The predicted octanol–water partition coefficient (Wildman–Crippen LogP) is 1.75. The Morgan fingerprint density at radius 2 is 1.83 bits per heavy atom. The maximum atomic E-state index is 5.32. The molecule has 1 saturated heterocycles. The van der Waals surface area contributed by atoms with Gasteiger partial charge in [0.15, 0.2) is 0 Å². The van der Waals surface area contributed by atoms with Gasteiger partial charge in [-0.3, -0.25) is 4.90 Å². The van der Waals surface area contributed by atoms with Crippen molar-refractivity contribution in [3.05, 3.63) is 0 Å². The standard InChI is InChI=1S/C10H21NO/c1-4-9(2)10(3)11-5-7-12-8-6-11/h9-10H,4-8H2,1-3H3. The molecule has 2 nitrogen and oxygen atoms in total. The van der Waals surface area contributed by atoms with E-state index in [1.807, 2.05) is 0 Å². The predicted molar refractivity (Wildman–Crippen MR) is 51.3 cm³/mol. The molecule has 0 aromatic heterocycles. The Bertz CT molecular complexity index is 121. The van der Waals surface area contributed by atoms with E-state index in [9.17, 15) is 0 Å². The van der Waals surface area contributed by atoms with Gasteiger partial charge in [0, 0.05) is 19.1 Å². The van der Waals surface area contributed by atoms with Crippen LogP contribution in [-0.2, 0) is 4.74 Å². The van der Waals surface area contributed by atoms with Gasteiger partial charge >= 0.3 is 0 Å². The fraction of sp³-hybridized carbons (Fsp3) is 1.00. The zero-order chi connectivity index (χ0) is 8.97. The van der Waals surface area contributed by atoms with Gasteiger partial charge in [0.25, 0.3) is 0 Å². The third kappa shape index (κ3) is 2.46.